The summed E-state index contributed by atoms with van der Waals surface area (Å²) in [4.78, 5) is 33.8. The molecular weight excluding hydrogens is 390 g/mol. The second kappa shape index (κ2) is 7.92. The Balaban J connectivity index is 1.75. The van der Waals surface area contributed by atoms with Crippen molar-refractivity contribution in [3.63, 3.8) is 0 Å². The zero-order chi connectivity index (χ0) is 20.4. The number of carbonyl (C=O) groups is 1. The second-order valence-electron chi connectivity index (χ2n) is 6.29. The molecule has 0 fully saturated rings. The van der Waals surface area contributed by atoms with Crippen molar-refractivity contribution in [1.82, 2.24) is 14.5 Å². The van der Waals surface area contributed by atoms with Gasteiger partial charge in [-0.2, -0.15) is 0 Å². The van der Waals surface area contributed by atoms with Crippen LogP contribution in [0.25, 0.3) is 16.7 Å². The van der Waals surface area contributed by atoms with Gasteiger partial charge in [-0.3, -0.25) is 4.79 Å². The van der Waals surface area contributed by atoms with Crippen LogP contribution in [0.3, 0.4) is 0 Å². The van der Waals surface area contributed by atoms with Gasteiger partial charge in [0, 0.05) is 6.20 Å². The molecule has 0 spiro atoms. The Bertz CT molecular complexity index is 1250. The Kier molecular flexibility index (Phi) is 5.18. The summed E-state index contributed by atoms with van der Waals surface area (Å²) in [6, 6.07) is 14.1. The van der Waals surface area contributed by atoms with E-state index >= 15 is 0 Å². The van der Waals surface area contributed by atoms with Crippen LogP contribution in [-0.4, -0.2) is 27.6 Å². The molecule has 0 saturated carbocycles. The monoisotopic (exact) mass is 407 g/mol. The average Bonchev–Trinajstić information content (AvgIpc) is 3.22. The first-order chi connectivity index (χ1) is 14.1. The third-order valence-corrected chi connectivity index (χ3v) is 5.22. The molecule has 1 aromatic carbocycles. The zero-order valence-electron chi connectivity index (χ0n) is 15.8. The van der Waals surface area contributed by atoms with Gasteiger partial charge in [0.1, 0.15) is 11.6 Å². The molecule has 0 aliphatic heterocycles. The lowest BCUT2D eigenvalue weighted by molar-refractivity contribution is 0.0563. The molecule has 29 heavy (non-hydrogen) atoms. The first kappa shape index (κ1) is 18.9. The molecule has 7 nitrogen and oxygen atoms in total. The second-order valence-corrected chi connectivity index (χ2v) is 7.23. The van der Waals surface area contributed by atoms with Crippen molar-refractivity contribution in [1.29, 1.82) is 0 Å². The van der Waals surface area contributed by atoms with Crippen LogP contribution in [0.4, 0.5) is 0 Å². The molecule has 0 unspecified atom stereocenters. The van der Waals surface area contributed by atoms with Gasteiger partial charge in [-0.15, -0.1) is 0 Å². The lowest BCUT2D eigenvalue weighted by atomic mass is 10.2. The Morgan fingerprint density at radius 2 is 2.00 bits per heavy atom. The molecule has 8 heteroatoms. The molecule has 0 N–H and O–H groups in total. The van der Waals surface area contributed by atoms with Crippen LogP contribution < -0.4 is 5.56 Å². The summed E-state index contributed by atoms with van der Waals surface area (Å²) in [6.45, 7) is 1.93. The van der Waals surface area contributed by atoms with Crippen molar-refractivity contribution in [3.05, 3.63) is 82.2 Å². The summed E-state index contributed by atoms with van der Waals surface area (Å²) >= 11 is 1.33. The fraction of sp³-hybridized carbons (Fsp3) is 0.143. The molecule has 3 heterocycles. The minimum Gasteiger partial charge on any atom is -0.463 e. The molecule has 4 rings (SSSR count). The first-order valence-electron chi connectivity index (χ1n) is 8.81. The van der Waals surface area contributed by atoms with Crippen molar-refractivity contribution in [2.24, 2.45) is 0 Å². The molecule has 0 amide bonds. The highest BCUT2D eigenvalue weighted by Gasteiger charge is 2.16. The quantitative estimate of drug-likeness (QED) is 0.283. The molecule has 0 atom stereocenters. The third-order valence-electron chi connectivity index (χ3n) is 4.26. The number of pyridine rings is 1. The van der Waals surface area contributed by atoms with Gasteiger partial charge in [0.2, 0.25) is 5.76 Å². The molecular formula is C21H17N3O4S. The minimum atomic E-state index is -0.536. The van der Waals surface area contributed by atoms with Crippen molar-refractivity contribution >= 4 is 28.6 Å². The van der Waals surface area contributed by atoms with Crippen LogP contribution in [-0.2, 0) is 10.5 Å². The molecule has 4 aromatic rings. The summed E-state index contributed by atoms with van der Waals surface area (Å²) in [7, 11) is 1.30. The number of nitrogens with zero attached hydrogens (tertiary/aromatic N) is 3. The van der Waals surface area contributed by atoms with Crippen LogP contribution in [0, 0.1) is 6.92 Å². The number of hydrogen-bond donors (Lipinski definition) is 0. The van der Waals surface area contributed by atoms with E-state index < -0.39 is 5.97 Å². The van der Waals surface area contributed by atoms with E-state index in [0.717, 1.165) is 5.56 Å². The van der Waals surface area contributed by atoms with Gasteiger partial charge in [-0.1, -0.05) is 30.0 Å². The molecule has 0 saturated heterocycles. The SMILES string of the molecule is COC(=O)c1ccc(CSc2nc3ccccc3c(=O)n2-c2ccc(C)cn2)o1. The van der Waals surface area contributed by atoms with Gasteiger partial charge in [0.25, 0.3) is 5.56 Å². The lowest BCUT2D eigenvalue weighted by Gasteiger charge is -2.12. The normalized spacial score (nSPS) is 11.0. The molecule has 146 valence electrons. The van der Waals surface area contributed by atoms with Crippen LogP contribution in [0.5, 0.6) is 0 Å². The highest BCUT2D eigenvalue weighted by Crippen LogP contribution is 2.25. The Morgan fingerprint density at radius 3 is 2.76 bits per heavy atom. The van der Waals surface area contributed by atoms with Crippen molar-refractivity contribution in [2.75, 3.05) is 7.11 Å². The van der Waals surface area contributed by atoms with Gasteiger partial charge in [0.05, 0.1) is 23.8 Å². The summed E-state index contributed by atoms with van der Waals surface area (Å²) in [5, 5.41) is 1.01. The predicted molar refractivity (Wildman–Crippen MR) is 109 cm³/mol. The van der Waals surface area contributed by atoms with Gasteiger partial charge in [-0.25, -0.2) is 19.3 Å². The topological polar surface area (TPSA) is 87.2 Å². The molecule has 3 aromatic heterocycles. The number of esters is 1. The number of fused-ring (bicyclic) bond motifs is 1. The number of hydrogen-bond acceptors (Lipinski definition) is 7. The predicted octanol–water partition coefficient (Wildman–Crippen LogP) is 3.76. The van der Waals surface area contributed by atoms with E-state index in [1.165, 1.54) is 23.4 Å². The number of furan rings is 1. The summed E-state index contributed by atoms with van der Waals surface area (Å²) < 4.78 is 11.7. The van der Waals surface area contributed by atoms with Crippen molar-refractivity contribution in [3.8, 4) is 5.82 Å². The first-order valence-corrected chi connectivity index (χ1v) is 9.80. The minimum absolute atomic E-state index is 0.132. The number of carbonyl (C=O) groups excluding carboxylic acids is 1. The number of aromatic nitrogens is 3. The fourth-order valence-corrected chi connectivity index (χ4v) is 3.70. The highest BCUT2D eigenvalue weighted by molar-refractivity contribution is 7.98. The third kappa shape index (κ3) is 3.79. The van der Waals surface area contributed by atoms with Gasteiger partial charge in [0.15, 0.2) is 5.16 Å². The fourth-order valence-electron chi connectivity index (χ4n) is 2.80. The summed E-state index contributed by atoms with van der Waals surface area (Å²) in [5.74, 6) is 1.04. The van der Waals surface area contributed by atoms with Crippen LogP contribution >= 0.6 is 11.8 Å². The van der Waals surface area contributed by atoms with E-state index in [2.05, 4.69) is 14.7 Å². The Hall–Kier alpha value is -3.39. The number of thioether (sulfide) groups is 1. The number of benzene rings is 1. The zero-order valence-corrected chi connectivity index (χ0v) is 16.6. The van der Waals surface area contributed by atoms with Crippen LogP contribution in [0.2, 0.25) is 0 Å². The lowest BCUT2D eigenvalue weighted by Crippen LogP contribution is -2.22. The molecule has 0 bridgehead atoms. The highest BCUT2D eigenvalue weighted by atomic mass is 32.2. The maximum atomic E-state index is 13.2. The van der Waals surface area contributed by atoms with E-state index in [4.69, 9.17) is 4.42 Å². The standard InChI is InChI=1S/C21H17N3O4S/c1-13-7-10-18(22-11-13)24-19(25)15-5-3-4-6-16(15)23-21(24)29-12-14-8-9-17(28-14)20(26)27-2/h3-11H,12H2,1-2H3. The summed E-state index contributed by atoms with van der Waals surface area (Å²) in [6.07, 6.45) is 1.71. The van der Waals surface area contributed by atoms with E-state index in [9.17, 15) is 9.59 Å². The molecule has 0 aliphatic rings. The maximum absolute atomic E-state index is 13.2. The number of ether oxygens (including phenoxy) is 1. The molecule has 0 radical (unpaired) electrons. The van der Waals surface area contributed by atoms with E-state index in [1.54, 1.807) is 36.5 Å². The van der Waals surface area contributed by atoms with Crippen LogP contribution in [0.1, 0.15) is 21.9 Å². The van der Waals surface area contributed by atoms with Gasteiger partial charge in [-0.05, 0) is 42.8 Å². The van der Waals surface area contributed by atoms with E-state index in [-0.39, 0.29) is 11.3 Å². The van der Waals surface area contributed by atoms with Gasteiger partial charge < -0.3 is 9.15 Å². The largest absolute Gasteiger partial charge is 0.463 e. The van der Waals surface area contributed by atoms with E-state index in [1.807, 2.05) is 25.1 Å². The number of rotatable bonds is 5. The number of aryl methyl sites for hydroxylation is 1. The van der Waals surface area contributed by atoms with Crippen molar-refractivity contribution in [2.45, 2.75) is 17.8 Å². The molecule has 0 aliphatic carbocycles. The van der Waals surface area contributed by atoms with Crippen LogP contribution in [0.15, 0.2) is 69.1 Å². The van der Waals surface area contributed by atoms with Gasteiger partial charge >= 0.3 is 5.97 Å². The Labute approximate surface area is 170 Å². The van der Waals surface area contributed by atoms with Crippen molar-refractivity contribution < 1.29 is 13.9 Å². The van der Waals surface area contributed by atoms with E-state index in [0.29, 0.717) is 33.4 Å². The summed E-state index contributed by atoms with van der Waals surface area (Å²) in [5.41, 5.74) is 1.41. The number of methoxy groups -OCH3 is 1. The smallest absolute Gasteiger partial charge is 0.373 e. The maximum Gasteiger partial charge on any atom is 0.373 e. The average molecular weight is 407 g/mol. The Morgan fingerprint density at radius 1 is 1.17 bits per heavy atom. The number of para-hydroxylation sites is 1.